The monoisotopic (exact) mass is 310 g/mol. The van der Waals surface area contributed by atoms with Crippen molar-refractivity contribution in [2.45, 2.75) is 38.2 Å². The van der Waals surface area contributed by atoms with Crippen LogP contribution >= 0.6 is 0 Å². The van der Waals surface area contributed by atoms with Crippen LogP contribution in [0.4, 0.5) is 0 Å². The van der Waals surface area contributed by atoms with Crippen LogP contribution < -0.4 is 10.1 Å². The third kappa shape index (κ3) is 5.46. The topological polar surface area (TPSA) is 68.3 Å². The highest BCUT2D eigenvalue weighted by atomic mass is 32.2. The van der Waals surface area contributed by atoms with Crippen LogP contribution in [0.1, 0.15) is 42.5 Å². The Bertz CT molecular complexity index is 501. The molecule has 1 atom stereocenters. The molecule has 21 heavy (non-hydrogen) atoms. The zero-order valence-corrected chi connectivity index (χ0v) is 13.2. The van der Waals surface area contributed by atoms with Gasteiger partial charge in [0, 0.05) is 47.2 Å². The van der Waals surface area contributed by atoms with Crippen LogP contribution in [-0.4, -0.2) is 39.8 Å². The lowest BCUT2D eigenvalue weighted by molar-refractivity contribution is 0.0954. The van der Waals surface area contributed by atoms with Gasteiger partial charge in [0.15, 0.2) is 0 Å². The fraction of sp³-hybridized carbons (Fsp3) is 0.600. The minimum absolute atomic E-state index is 0.184. The molecule has 1 aromatic heterocycles. The predicted molar refractivity (Wildman–Crippen MR) is 83.0 cm³/mol. The molecular weight excluding hydrogens is 288 g/mol. The van der Waals surface area contributed by atoms with Gasteiger partial charge in [0.25, 0.3) is 5.91 Å². The largest absolute Gasteiger partial charge is 0.474 e. The molecule has 5 nitrogen and oxygen atoms in total. The molecule has 1 heterocycles. The normalized spacial score (nSPS) is 17.2. The summed E-state index contributed by atoms with van der Waals surface area (Å²) in [6, 6.07) is 3.33. The zero-order valence-electron chi connectivity index (χ0n) is 12.3. The summed E-state index contributed by atoms with van der Waals surface area (Å²) in [4.78, 5) is 16.2. The first-order valence-corrected chi connectivity index (χ1v) is 9.09. The second-order valence-electron chi connectivity index (χ2n) is 5.29. The summed E-state index contributed by atoms with van der Waals surface area (Å²) in [6.07, 6.45) is 9.19. The SMILES string of the molecule is CS(=O)CCNC(=O)c1ccnc(OC2CCCCC2)c1. The number of rotatable bonds is 6. The number of carbonyl (C=O) groups excluding carboxylic acids is 1. The van der Waals surface area contributed by atoms with E-state index in [1.165, 1.54) is 19.3 Å². The summed E-state index contributed by atoms with van der Waals surface area (Å²) in [5.41, 5.74) is 0.526. The highest BCUT2D eigenvalue weighted by Crippen LogP contribution is 2.22. The van der Waals surface area contributed by atoms with Gasteiger partial charge in [0.2, 0.25) is 5.88 Å². The molecule has 1 aliphatic rings. The average Bonchev–Trinajstić information content (AvgIpc) is 2.48. The van der Waals surface area contributed by atoms with Gasteiger partial charge in [-0.05, 0) is 31.7 Å². The van der Waals surface area contributed by atoms with E-state index in [4.69, 9.17) is 4.74 Å². The maximum absolute atomic E-state index is 12.0. The van der Waals surface area contributed by atoms with Gasteiger partial charge in [0.05, 0.1) is 0 Å². The van der Waals surface area contributed by atoms with Crippen molar-refractivity contribution in [2.24, 2.45) is 0 Å². The van der Waals surface area contributed by atoms with Crippen molar-refractivity contribution in [3.8, 4) is 5.88 Å². The molecule has 0 radical (unpaired) electrons. The van der Waals surface area contributed by atoms with Crippen molar-refractivity contribution in [1.29, 1.82) is 0 Å². The van der Waals surface area contributed by atoms with Gasteiger partial charge in [-0.25, -0.2) is 4.98 Å². The molecule has 1 fully saturated rings. The lowest BCUT2D eigenvalue weighted by atomic mass is 9.98. The fourth-order valence-corrected chi connectivity index (χ4v) is 2.77. The van der Waals surface area contributed by atoms with Crippen LogP contribution in [0.5, 0.6) is 5.88 Å². The van der Waals surface area contributed by atoms with Crippen LogP contribution in [0, 0.1) is 0 Å². The van der Waals surface area contributed by atoms with Crippen LogP contribution in [0.25, 0.3) is 0 Å². The predicted octanol–water partition coefficient (Wildman–Crippen LogP) is 1.90. The molecule has 1 saturated carbocycles. The highest BCUT2D eigenvalue weighted by Gasteiger charge is 2.16. The zero-order chi connectivity index (χ0) is 15.1. The number of nitrogens with one attached hydrogen (secondary N) is 1. The van der Waals surface area contributed by atoms with Crippen molar-refractivity contribution in [2.75, 3.05) is 18.6 Å². The first-order chi connectivity index (χ1) is 10.1. The summed E-state index contributed by atoms with van der Waals surface area (Å²) in [6.45, 7) is 0.406. The molecule has 6 heteroatoms. The van der Waals surface area contributed by atoms with Crippen molar-refractivity contribution in [3.05, 3.63) is 23.9 Å². The Morgan fingerprint density at radius 3 is 2.90 bits per heavy atom. The van der Waals surface area contributed by atoms with Crippen LogP contribution in [0.3, 0.4) is 0 Å². The molecule has 1 aromatic rings. The van der Waals surface area contributed by atoms with Crippen LogP contribution in [0.15, 0.2) is 18.3 Å². The van der Waals surface area contributed by atoms with Gasteiger partial charge in [-0.3, -0.25) is 9.00 Å². The Balaban J connectivity index is 1.90. The number of aromatic nitrogens is 1. The first kappa shape index (κ1) is 15.9. The molecule has 0 saturated heterocycles. The molecule has 0 spiro atoms. The molecule has 2 rings (SSSR count). The van der Waals surface area contributed by atoms with E-state index in [2.05, 4.69) is 10.3 Å². The van der Waals surface area contributed by atoms with Gasteiger partial charge in [-0.15, -0.1) is 0 Å². The van der Waals surface area contributed by atoms with E-state index in [0.717, 1.165) is 12.8 Å². The lowest BCUT2D eigenvalue weighted by Gasteiger charge is -2.22. The van der Waals surface area contributed by atoms with E-state index in [0.29, 0.717) is 23.7 Å². The summed E-state index contributed by atoms with van der Waals surface area (Å²) >= 11 is 0. The number of hydrogen-bond donors (Lipinski definition) is 1. The van der Waals surface area contributed by atoms with Gasteiger partial charge >= 0.3 is 0 Å². The quantitative estimate of drug-likeness (QED) is 0.871. The van der Waals surface area contributed by atoms with Gasteiger partial charge in [0.1, 0.15) is 6.10 Å². The van der Waals surface area contributed by atoms with E-state index in [1.807, 2.05) is 0 Å². The third-order valence-electron chi connectivity index (χ3n) is 3.51. The maximum atomic E-state index is 12.0. The molecule has 0 bridgehead atoms. The number of nitrogens with zero attached hydrogens (tertiary/aromatic N) is 1. The van der Waals surface area contributed by atoms with E-state index in [-0.39, 0.29) is 12.0 Å². The fourth-order valence-electron chi connectivity index (χ4n) is 2.38. The maximum Gasteiger partial charge on any atom is 0.251 e. The second-order valence-corrected chi connectivity index (χ2v) is 6.85. The molecule has 116 valence electrons. The minimum Gasteiger partial charge on any atom is -0.474 e. The Kier molecular flexibility index (Phi) is 6.17. The Hall–Kier alpha value is -1.43. The molecule has 0 aromatic carbocycles. The average molecular weight is 310 g/mol. The first-order valence-electron chi connectivity index (χ1n) is 7.36. The Morgan fingerprint density at radius 2 is 2.19 bits per heavy atom. The number of carbonyl (C=O) groups is 1. The molecule has 1 amide bonds. The number of amides is 1. The molecule has 1 unspecified atom stereocenters. The summed E-state index contributed by atoms with van der Waals surface area (Å²) in [7, 11) is -0.900. The number of pyridine rings is 1. The smallest absolute Gasteiger partial charge is 0.251 e. The van der Waals surface area contributed by atoms with Crippen molar-refractivity contribution in [1.82, 2.24) is 10.3 Å². The van der Waals surface area contributed by atoms with E-state index >= 15 is 0 Å². The van der Waals surface area contributed by atoms with Crippen molar-refractivity contribution < 1.29 is 13.7 Å². The summed E-state index contributed by atoms with van der Waals surface area (Å²) in [5, 5.41) is 2.75. The van der Waals surface area contributed by atoms with Gasteiger partial charge in [-0.2, -0.15) is 0 Å². The minimum atomic E-state index is -0.900. The van der Waals surface area contributed by atoms with Crippen molar-refractivity contribution >= 4 is 16.7 Å². The van der Waals surface area contributed by atoms with E-state index in [9.17, 15) is 9.00 Å². The lowest BCUT2D eigenvalue weighted by Crippen LogP contribution is -2.27. The van der Waals surface area contributed by atoms with E-state index < -0.39 is 10.8 Å². The third-order valence-corrected chi connectivity index (χ3v) is 4.29. The van der Waals surface area contributed by atoms with Crippen LogP contribution in [-0.2, 0) is 10.8 Å². The Labute approximate surface area is 127 Å². The molecule has 1 N–H and O–H groups in total. The summed E-state index contributed by atoms with van der Waals surface area (Å²) < 4.78 is 16.8. The van der Waals surface area contributed by atoms with Gasteiger partial charge < -0.3 is 10.1 Å². The van der Waals surface area contributed by atoms with E-state index in [1.54, 1.807) is 24.6 Å². The van der Waals surface area contributed by atoms with Crippen LogP contribution in [0.2, 0.25) is 0 Å². The molecule has 0 aliphatic heterocycles. The number of ether oxygens (including phenoxy) is 1. The highest BCUT2D eigenvalue weighted by molar-refractivity contribution is 7.84. The standard InChI is InChI=1S/C15H22N2O3S/c1-21(19)10-9-17-15(18)12-7-8-16-14(11-12)20-13-5-3-2-4-6-13/h7-8,11,13H,2-6,9-10H2,1H3,(H,17,18). The second kappa shape index (κ2) is 8.12. The number of hydrogen-bond acceptors (Lipinski definition) is 4. The van der Waals surface area contributed by atoms with Gasteiger partial charge in [-0.1, -0.05) is 6.42 Å². The molecule has 1 aliphatic carbocycles. The van der Waals surface area contributed by atoms with Crippen molar-refractivity contribution in [3.63, 3.8) is 0 Å². The summed E-state index contributed by atoms with van der Waals surface area (Å²) in [5.74, 6) is 0.785. The Morgan fingerprint density at radius 1 is 1.43 bits per heavy atom. The molecular formula is C15H22N2O3S.